The zero-order valence-electron chi connectivity index (χ0n) is 11.4. The van der Waals surface area contributed by atoms with Gasteiger partial charge < -0.3 is 14.4 Å². The van der Waals surface area contributed by atoms with Gasteiger partial charge in [0, 0.05) is 0 Å². The molecule has 0 radical (unpaired) electrons. The minimum atomic E-state index is -6.26. The number of carboxylic acid groups (broad SMARTS) is 1. The van der Waals surface area contributed by atoms with Crippen LogP contribution in [-0.2, 0) is 24.4 Å². The summed E-state index contributed by atoms with van der Waals surface area (Å²) in [6.07, 6.45) is 0.0653. The van der Waals surface area contributed by atoms with Gasteiger partial charge in [-0.3, -0.25) is 9.59 Å². The molecule has 0 heterocycles. The molecule has 1 N–H and O–H groups in total. The minimum Gasteiger partial charge on any atom is -0.743 e. The Morgan fingerprint density at radius 2 is 1.83 bits per heavy atom. The van der Waals surface area contributed by atoms with Crippen molar-refractivity contribution in [2.45, 2.75) is 17.8 Å². The SMILES string of the molecule is O=C(O)C1C2C=CC(C2)C1C(=O)OCC(F)C(F)(F)S(=O)(=O)[O-]. The largest absolute Gasteiger partial charge is 0.743 e. The lowest BCUT2D eigenvalue weighted by molar-refractivity contribution is -0.161. The molecule has 0 aromatic carbocycles. The number of ether oxygens (including phenoxy) is 1. The van der Waals surface area contributed by atoms with Gasteiger partial charge >= 0.3 is 17.2 Å². The molecular formula is C12H12F3O7S-. The zero-order valence-corrected chi connectivity index (χ0v) is 12.2. The van der Waals surface area contributed by atoms with Gasteiger partial charge in [0.1, 0.15) is 6.61 Å². The summed E-state index contributed by atoms with van der Waals surface area (Å²) in [6, 6.07) is 0. The number of alkyl halides is 3. The number of carboxylic acids is 1. The summed E-state index contributed by atoms with van der Waals surface area (Å²) in [6.45, 7) is -1.66. The van der Waals surface area contributed by atoms with Crippen LogP contribution in [0.15, 0.2) is 12.2 Å². The van der Waals surface area contributed by atoms with E-state index in [1.54, 1.807) is 12.2 Å². The molecule has 130 valence electrons. The van der Waals surface area contributed by atoms with Crippen molar-refractivity contribution in [1.82, 2.24) is 0 Å². The summed E-state index contributed by atoms with van der Waals surface area (Å²) in [4.78, 5) is 23.1. The van der Waals surface area contributed by atoms with E-state index >= 15 is 0 Å². The van der Waals surface area contributed by atoms with Gasteiger partial charge in [-0.1, -0.05) is 12.2 Å². The van der Waals surface area contributed by atoms with Gasteiger partial charge in [0.15, 0.2) is 10.1 Å². The van der Waals surface area contributed by atoms with Gasteiger partial charge in [-0.05, 0) is 18.3 Å². The second-order valence-electron chi connectivity index (χ2n) is 5.45. The molecule has 0 spiro atoms. The van der Waals surface area contributed by atoms with Crippen molar-refractivity contribution in [2.75, 3.05) is 6.61 Å². The molecule has 2 bridgehead atoms. The van der Waals surface area contributed by atoms with E-state index in [-0.39, 0.29) is 0 Å². The molecule has 5 unspecified atom stereocenters. The van der Waals surface area contributed by atoms with E-state index in [9.17, 15) is 35.7 Å². The topological polar surface area (TPSA) is 121 Å². The molecule has 0 saturated heterocycles. The van der Waals surface area contributed by atoms with Crippen LogP contribution in [0.1, 0.15) is 6.42 Å². The third-order valence-corrected chi connectivity index (χ3v) is 5.01. The second kappa shape index (κ2) is 5.78. The first-order chi connectivity index (χ1) is 10.5. The van der Waals surface area contributed by atoms with E-state index in [1.165, 1.54) is 0 Å². The molecule has 0 aromatic rings. The summed E-state index contributed by atoms with van der Waals surface area (Å²) in [7, 11) is -6.26. The van der Waals surface area contributed by atoms with Gasteiger partial charge in [0.25, 0.3) is 0 Å². The van der Waals surface area contributed by atoms with Crippen molar-refractivity contribution in [3.63, 3.8) is 0 Å². The van der Waals surface area contributed by atoms with Crippen LogP contribution in [0.5, 0.6) is 0 Å². The molecule has 2 aliphatic rings. The van der Waals surface area contributed by atoms with Crippen molar-refractivity contribution in [2.24, 2.45) is 23.7 Å². The summed E-state index contributed by atoms with van der Waals surface area (Å²) in [5, 5.41) is 3.87. The highest BCUT2D eigenvalue weighted by Gasteiger charge is 2.53. The van der Waals surface area contributed by atoms with E-state index in [2.05, 4.69) is 4.74 Å². The molecule has 11 heteroatoms. The van der Waals surface area contributed by atoms with E-state index in [0.717, 1.165) is 0 Å². The number of fused-ring (bicyclic) bond motifs is 2. The van der Waals surface area contributed by atoms with Crippen molar-refractivity contribution in [3.8, 4) is 0 Å². The number of allylic oxidation sites excluding steroid dienone is 2. The van der Waals surface area contributed by atoms with Crippen LogP contribution >= 0.6 is 0 Å². The first-order valence-electron chi connectivity index (χ1n) is 6.52. The lowest BCUT2D eigenvalue weighted by atomic mass is 9.83. The maximum absolute atomic E-state index is 13.2. The number of hydrogen-bond acceptors (Lipinski definition) is 6. The maximum atomic E-state index is 13.2. The lowest BCUT2D eigenvalue weighted by Gasteiger charge is -2.25. The van der Waals surface area contributed by atoms with E-state index in [4.69, 9.17) is 5.11 Å². The molecular weight excluding hydrogens is 345 g/mol. The smallest absolute Gasteiger partial charge is 0.368 e. The number of halogens is 3. The Morgan fingerprint density at radius 1 is 1.30 bits per heavy atom. The number of esters is 1. The average Bonchev–Trinajstić information content (AvgIpc) is 3.03. The molecule has 5 atom stereocenters. The van der Waals surface area contributed by atoms with E-state index in [1.807, 2.05) is 0 Å². The Hall–Kier alpha value is -1.62. The fraction of sp³-hybridized carbons (Fsp3) is 0.667. The Morgan fingerprint density at radius 3 is 2.30 bits per heavy atom. The van der Waals surface area contributed by atoms with Gasteiger partial charge in [-0.15, -0.1) is 0 Å². The molecule has 1 fully saturated rings. The van der Waals surface area contributed by atoms with Crippen LogP contribution in [0.3, 0.4) is 0 Å². The van der Waals surface area contributed by atoms with Crippen LogP contribution in [0.25, 0.3) is 0 Å². The maximum Gasteiger partial charge on any atom is 0.368 e. The lowest BCUT2D eigenvalue weighted by Crippen LogP contribution is -2.42. The van der Waals surface area contributed by atoms with Gasteiger partial charge in [-0.25, -0.2) is 12.8 Å². The number of carbonyl (C=O) groups excluding carboxylic acids is 1. The molecule has 2 rings (SSSR count). The summed E-state index contributed by atoms with van der Waals surface area (Å²) in [5.74, 6) is -5.62. The first-order valence-corrected chi connectivity index (χ1v) is 7.92. The third-order valence-electron chi connectivity index (χ3n) is 4.09. The predicted octanol–water partition coefficient (Wildman–Crippen LogP) is 0.529. The number of carbonyl (C=O) groups is 2. The number of aliphatic carboxylic acids is 1. The second-order valence-corrected chi connectivity index (χ2v) is 6.90. The Bertz CT molecular complexity index is 645. The highest BCUT2D eigenvalue weighted by Crippen LogP contribution is 2.48. The first kappa shape index (κ1) is 17.7. The Balaban J connectivity index is 2.03. The van der Waals surface area contributed by atoms with Crippen LogP contribution in [-0.4, -0.2) is 48.0 Å². The van der Waals surface area contributed by atoms with Gasteiger partial charge in [-0.2, -0.15) is 8.78 Å². The van der Waals surface area contributed by atoms with E-state index in [0.29, 0.717) is 6.42 Å². The van der Waals surface area contributed by atoms with Crippen LogP contribution in [0.2, 0.25) is 0 Å². The summed E-state index contributed by atoms with van der Waals surface area (Å²) in [5.41, 5.74) is 0. The van der Waals surface area contributed by atoms with Crippen LogP contribution in [0.4, 0.5) is 13.2 Å². The summed E-state index contributed by atoms with van der Waals surface area (Å²) >= 11 is 0. The molecule has 0 amide bonds. The predicted molar refractivity (Wildman–Crippen MR) is 65.9 cm³/mol. The van der Waals surface area contributed by atoms with Gasteiger partial charge in [0.05, 0.1) is 11.8 Å². The van der Waals surface area contributed by atoms with Crippen molar-refractivity contribution >= 4 is 22.1 Å². The zero-order chi connectivity index (χ0) is 17.6. The highest BCUT2D eigenvalue weighted by atomic mass is 32.2. The Kier molecular flexibility index (Phi) is 4.46. The van der Waals surface area contributed by atoms with E-state index < -0.39 is 63.8 Å². The highest BCUT2D eigenvalue weighted by molar-refractivity contribution is 7.86. The van der Waals surface area contributed by atoms with Crippen LogP contribution < -0.4 is 0 Å². The quantitative estimate of drug-likeness (QED) is 0.418. The molecule has 2 aliphatic carbocycles. The van der Waals surface area contributed by atoms with Crippen molar-refractivity contribution < 1.29 is 45.6 Å². The Labute approximate surface area is 128 Å². The fourth-order valence-corrected chi connectivity index (χ4v) is 3.37. The molecule has 0 aliphatic heterocycles. The fourth-order valence-electron chi connectivity index (χ4n) is 2.99. The van der Waals surface area contributed by atoms with Crippen LogP contribution in [0, 0.1) is 23.7 Å². The third kappa shape index (κ3) is 3.07. The molecule has 1 saturated carbocycles. The van der Waals surface area contributed by atoms with Crippen molar-refractivity contribution in [1.29, 1.82) is 0 Å². The molecule has 23 heavy (non-hydrogen) atoms. The average molecular weight is 357 g/mol. The molecule has 0 aromatic heterocycles. The monoisotopic (exact) mass is 357 g/mol. The minimum absolute atomic E-state index is 0.376. The normalized spacial score (nSPS) is 31.1. The standard InChI is InChI=1S/C12H13F3O7S/c13-7(12(14,15)23(19,20)21)4-22-11(18)9-6-2-1-5(3-6)8(9)10(16)17/h1-2,5-9H,3-4H2,(H,16,17)(H,19,20,21)/p-1. The summed E-state index contributed by atoms with van der Waals surface area (Å²) < 4.78 is 74.2. The number of hydrogen-bond donors (Lipinski definition) is 1. The number of rotatable bonds is 6. The van der Waals surface area contributed by atoms with Crippen molar-refractivity contribution in [3.05, 3.63) is 12.2 Å². The van der Waals surface area contributed by atoms with Gasteiger partial charge in [0.2, 0.25) is 6.17 Å². The molecule has 7 nitrogen and oxygen atoms in total.